The first kappa shape index (κ1) is 13.8. The topological polar surface area (TPSA) is 72.0 Å². The van der Waals surface area contributed by atoms with Crippen LogP contribution in [-0.2, 0) is 16.0 Å². The van der Waals surface area contributed by atoms with Crippen LogP contribution in [0.4, 0.5) is 0 Å². The second-order valence-corrected chi connectivity index (χ2v) is 4.90. The SMILES string of the molecule is CCc1c(C)nc(SC(C)C(=O)OC)[nH]c1=O. The zero-order valence-corrected chi connectivity index (χ0v) is 11.2. The average Bonchev–Trinajstić information content (AvgIpc) is 2.27. The van der Waals surface area contributed by atoms with Crippen molar-refractivity contribution in [3.63, 3.8) is 0 Å². The van der Waals surface area contributed by atoms with E-state index in [9.17, 15) is 9.59 Å². The van der Waals surface area contributed by atoms with Crippen molar-refractivity contribution in [1.82, 2.24) is 9.97 Å². The van der Waals surface area contributed by atoms with Gasteiger partial charge in [-0.25, -0.2) is 4.98 Å². The van der Waals surface area contributed by atoms with Crippen molar-refractivity contribution in [2.75, 3.05) is 7.11 Å². The second kappa shape index (κ2) is 5.86. The molecule has 0 saturated carbocycles. The van der Waals surface area contributed by atoms with Crippen LogP contribution in [0.1, 0.15) is 25.1 Å². The van der Waals surface area contributed by atoms with Gasteiger partial charge >= 0.3 is 5.97 Å². The number of ether oxygens (including phenoxy) is 1. The van der Waals surface area contributed by atoms with E-state index in [4.69, 9.17) is 0 Å². The highest BCUT2D eigenvalue weighted by molar-refractivity contribution is 8.00. The van der Waals surface area contributed by atoms with Crippen LogP contribution in [-0.4, -0.2) is 28.3 Å². The van der Waals surface area contributed by atoms with Gasteiger partial charge in [0.1, 0.15) is 5.25 Å². The number of carbonyl (C=O) groups is 1. The van der Waals surface area contributed by atoms with Crippen LogP contribution in [0.3, 0.4) is 0 Å². The Morgan fingerprint density at radius 3 is 2.71 bits per heavy atom. The van der Waals surface area contributed by atoms with Gasteiger partial charge in [0.2, 0.25) is 0 Å². The number of thioether (sulfide) groups is 1. The number of hydrogen-bond donors (Lipinski definition) is 1. The van der Waals surface area contributed by atoms with Crippen molar-refractivity contribution in [3.8, 4) is 0 Å². The lowest BCUT2D eigenvalue weighted by atomic mass is 10.2. The predicted octanol–water partition coefficient (Wildman–Crippen LogP) is 1.29. The molecule has 0 bridgehead atoms. The number of aromatic amines is 1. The van der Waals surface area contributed by atoms with Crippen molar-refractivity contribution in [1.29, 1.82) is 0 Å². The van der Waals surface area contributed by atoms with Crippen LogP contribution in [0, 0.1) is 6.92 Å². The highest BCUT2D eigenvalue weighted by Crippen LogP contribution is 2.19. The number of H-pyrrole nitrogens is 1. The minimum Gasteiger partial charge on any atom is -0.468 e. The molecule has 17 heavy (non-hydrogen) atoms. The van der Waals surface area contributed by atoms with Gasteiger partial charge in [-0.3, -0.25) is 9.59 Å². The maximum Gasteiger partial charge on any atom is 0.318 e. The summed E-state index contributed by atoms with van der Waals surface area (Å²) in [4.78, 5) is 29.9. The fourth-order valence-corrected chi connectivity index (χ4v) is 2.31. The summed E-state index contributed by atoms with van der Waals surface area (Å²) in [7, 11) is 1.33. The van der Waals surface area contributed by atoms with Gasteiger partial charge in [-0.05, 0) is 20.3 Å². The van der Waals surface area contributed by atoms with Crippen molar-refractivity contribution in [3.05, 3.63) is 21.6 Å². The number of carbonyl (C=O) groups excluding carboxylic acids is 1. The Morgan fingerprint density at radius 1 is 1.59 bits per heavy atom. The summed E-state index contributed by atoms with van der Waals surface area (Å²) in [6.07, 6.45) is 0.645. The molecule has 1 unspecified atom stereocenters. The van der Waals surface area contributed by atoms with Gasteiger partial charge in [-0.15, -0.1) is 0 Å². The summed E-state index contributed by atoms with van der Waals surface area (Å²) < 4.78 is 4.61. The first-order chi connectivity index (χ1) is 7.99. The molecule has 0 aliphatic carbocycles. The molecule has 0 fully saturated rings. The molecule has 0 spiro atoms. The third-order valence-electron chi connectivity index (χ3n) is 2.38. The quantitative estimate of drug-likeness (QED) is 0.499. The minimum atomic E-state index is -0.393. The van der Waals surface area contributed by atoms with E-state index in [1.54, 1.807) is 13.8 Å². The molecule has 0 aliphatic rings. The van der Waals surface area contributed by atoms with Crippen LogP contribution in [0.25, 0.3) is 0 Å². The van der Waals surface area contributed by atoms with E-state index in [2.05, 4.69) is 14.7 Å². The Bertz CT molecular complexity index is 470. The summed E-state index contributed by atoms with van der Waals surface area (Å²) in [6, 6.07) is 0. The number of nitrogens with one attached hydrogen (secondary N) is 1. The van der Waals surface area contributed by atoms with Crippen LogP contribution in [0.15, 0.2) is 9.95 Å². The Balaban J connectivity index is 2.94. The highest BCUT2D eigenvalue weighted by atomic mass is 32.2. The number of hydrogen-bond acceptors (Lipinski definition) is 5. The molecule has 1 aromatic heterocycles. The molecule has 1 heterocycles. The lowest BCUT2D eigenvalue weighted by Gasteiger charge is -2.09. The van der Waals surface area contributed by atoms with Gasteiger partial charge in [-0.2, -0.15) is 0 Å². The van der Waals surface area contributed by atoms with Gasteiger partial charge in [-0.1, -0.05) is 18.7 Å². The Morgan fingerprint density at radius 2 is 2.24 bits per heavy atom. The van der Waals surface area contributed by atoms with Gasteiger partial charge in [0.25, 0.3) is 5.56 Å². The van der Waals surface area contributed by atoms with Crippen molar-refractivity contribution < 1.29 is 9.53 Å². The molecule has 0 radical (unpaired) electrons. The Labute approximate surface area is 104 Å². The van der Waals surface area contributed by atoms with Gasteiger partial charge in [0.05, 0.1) is 7.11 Å². The minimum absolute atomic E-state index is 0.139. The Kier molecular flexibility index (Phi) is 4.74. The largest absolute Gasteiger partial charge is 0.468 e. The fraction of sp³-hybridized carbons (Fsp3) is 0.545. The zero-order valence-electron chi connectivity index (χ0n) is 10.4. The second-order valence-electron chi connectivity index (χ2n) is 3.57. The predicted molar refractivity (Wildman–Crippen MR) is 66.3 cm³/mol. The van der Waals surface area contributed by atoms with Gasteiger partial charge in [0.15, 0.2) is 5.16 Å². The fourth-order valence-electron chi connectivity index (χ4n) is 1.44. The summed E-state index contributed by atoms with van der Waals surface area (Å²) in [5.74, 6) is -0.338. The van der Waals surface area contributed by atoms with Crippen LogP contribution < -0.4 is 5.56 Å². The number of methoxy groups -OCH3 is 1. The van der Waals surface area contributed by atoms with Crippen LogP contribution in [0.2, 0.25) is 0 Å². The third kappa shape index (κ3) is 3.33. The first-order valence-corrected chi connectivity index (χ1v) is 6.21. The van der Waals surface area contributed by atoms with E-state index < -0.39 is 5.25 Å². The number of esters is 1. The summed E-state index contributed by atoms with van der Waals surface area (Å²) in [6.45, 7) is 5.41. The van der Waals surface area contributed by atoms with E-state index in [-0.39, 0.29) is 11.5 Å². The van der Waals surface area contributed by atoms with Crippen molar-refractivity contribution in [2.24, 2.45) is 0 Å². The molecule has 0 aliphatic heterocycles. The molecule has 1 aromatic rings. The number of rotatable bonds is 4. The van der Waals surface area contributed by atoms with Crippen molar-refractivity contribution in [2.45, 2.75) is 37.6 Å². The first-order valence-electron chi connectivity index (χ1n) is 5.33. The molecular weight excluding hydrogens is 240 g/mol. The summed E-state index contributed by atoms with van der Waals surface area (Å²) in [5.41, 5.74) is 1.25. The maximum atomic E-state index is 11.7. The molecular formula is C11H16N2O3S. The van der Waals surface area contributed by atoms with Gasteiger partial charge in [0, 0.05) is 11.3 Å². The summed E-state index contributed by atoms with van der Waals surface area (Å²) in [5, 5.41) is 0.0534. The smallest absolute Gasteiger partial charge is 0.318 e. The molecule has 1 rings (SSSR count). The van der Waals surface area contributed by atoms with E-state index in [1.807, 2.05) is 6.92 Å². The molecule has 5 nitrogen and oxygen atoms in total. The lowest BCUT2D eigenvalue weighted by Crippen LogP contribution is -2.19. The molecule has 1 N–H and O–H groups in total. The third-order valence-corrected chi connectivity index (χ3v) is 3.34. The zero-order chi connectivity index (χ0) is 13.0. The molecule has 0 amide bonds. The number of nitrogens with zero attached hydrogens (tertiary/aromatic N) is 1. The molecule has 1 atom stereocenters. The number of aryl methyl sites for hydroxylation is 1. The molecule has 6 heteroatoms. The monoisotopic (exact) mass is 256 g/mol. The van der Waals surface area contributed by atoms with E-state index in [0.717, 1.165) is 0 Å². The van der Waals surface area contributed by atoms with E-state index >= 15 is 0 Å². The normalized spacial score (nSPS) is 12.2. The van der Waals surface area contributed by atoms with Crippen LogP contribution in [0.5, 0.6) is 0 Å². The lowest BCUT2D eigenvalue weighted by molar-refractivity contribution is -0.139. The summed E-state index contributed by atoms with van der Waals surface area (Å²) >= 11 is 1.18. The molecule has 0 aromatic carbocycles. The Hall–Kier alpha value is -1.30. The van der Waals surface area contributed by atoms with Crippen LogP contribution >= 0.6 is 11.8 Å². The number of aromatic nitrogens is 2. The van der Waals surface area contributed by atoms with Crippen molar-refractivity contribution >= 4 is 17.7 Å². The maximum absolute atomic E-state index is 11.7. The van der Waals surface area contributed by atoms with E-state index in [0.29, 0.717) is 22.8 Å². The standard InChI is InChI=1S/C11H16N2O3S/c1-5-8-6(2)12-11(13-9(8)14)17-7(3)10(15)16-4/h7H,5H2,1-4H3,(H,12,13,14). The van der Waals surface area contributed by atoms with E-state index in [1.165, 1.54) is 18.9 Å². The molecule has 94 valence electrons. The highest BCUT2D eigenvalue weighted by Gasteiger charge is 2.17. The average molecular weight is 256 g/mol. The van der Waals surface area contributed by atoms with Gasteiger partial charge < -0.3 is 9.72 Å². The molecule has 0 saturated heterocycles.